The van der Waals surface area contributed by atoms with Gasteiger partial charge in [-0.2, -0.15) is 0 Å². The molecule has 0 saturated carbocycles. The zero-order valence-electron chi connectivity index (χ0n) is 11.7. The lowest BCUT2D eigenvalue weighted by Gasteiger charge is -2.34. The molecule has 1 amide bonds. The molecule has 1 aromatic carbocycles. The molecule has 1 aliphatic heterocycles. The van der Waals surface area contributed by atoms with Crippen molar-refractivity contribution in [3.05, 3.63) is 29.3 Å². The Bertz CT molecular complexity index is 498. The van der Waals surface area contributed by atoms with Crippen molar-refractivity contribution in [2.75, 3.05) is 20.7 Å². The van der Waals surface area contributed by atoms with Gasteiger partial charge in [-0.3, -0.25) is 4.79 Å². The highest BCUT2D eigenvalue weighted by Gasteiger charge is 2.35. The fourth-order valence-corrected chi connectivity index (χ4v) is 3.66. The largest absolute Gasteiger partial charge is 0.496 e. The Kier molecular flexibility index (Phi) is 3.21. The van der Waals surface area contributed by atoms with Crippen LogP contribution in [0.5, 0.6) is 5.75 Å². The van der Waals surface area contributed by atoms with E-state index in [1.165, 1.54) is 17.5 Å². The smallest absolute Gasteiger partial charge is 0.222 e. The first-order valence-corrected chi connectivity index (χ1v) is 7.10. The highest BCUT2D eigenvalue weighted by molar-refractivity contribution is 5.76. The Hall–Kier alpha value is -1.51. The van der Waals surface area contributed by atoms with Crippen LogP contribution in [0, 0.1) is 5.92 Å². The van der Waals surface area contributed by atoms with Crippen LogP contribution in [0.15, 0.2) is 18.2 Å². The summed E-state index contributed by atoms with van der Waals surface area (Å²) < 4.78 is 5.49. The molecule has 3 rings (SSSR count). The molecule has 0 radical (unpaired) electrons. The third-order valence-corrected chi connectivity index (χ3v) is 4.75. The van der Waals surface area contributed by atoms with Gasteiger partial charge in [-0.15, -0.1) is 0 Å². The standard InChI is InChI=1S/C16H21NO2/c1-17-10-14-11(7-9-16(17)18)6-8-13-12(14)4-3-5-15(13)19-2/h3-5,11,14H,6-10H2,1-2H3. The van der Waals surface area contributed by atoms with Gasteiger partial charge in [0.1, 0.15) is 5.75 Å². The lowest BCUT2D eigenvalue weighted by atomic mass is 9.73. The van der Waals surface area contributed by atoms with Crippen molar-refractivity contribution < 1.29 is 9.53 Å². The molecule has 0 bridgehead atoms. The Balaban J connectivity index is 2.00. The third-order valence-electron chi connectivity index (χ3n) is 4.75. The van der Waals surface area contributed by atoms with Crippen molar-refractivity contribution in [2.24, 2.45) is 5.92 Å². The molecule has 0 spiro atoms. The Morgan fingerprint density at radius 1 is 1.26 bits per heavy atom. The van der Waals surface area contributed by atoms with Crippen LogP contribution in [-0.4, -0.2) is 31.5 Å². The minimum atomic E-state index is 0.291. The van der Waals surface area contributed by atoms with E-state index in [-0.39, 0.29) is 0 Å². The molecule has 1 heterocycles. The zero-order valence-corrected chi connectivity index (χ0v) is 11.7. The predicted octanol–water partition coefficient (Wildman–Crippen LogP) is 2.59. The van der Waals surface area contributed by atoms with Crippen molar-refractivity contribution in [1.82, 2.24) is 4.90 Å². The Morgan fingerprint density at radius 2 is 2.05 bits per heavy atom. The second-order valence-corrected chi connectivity index (χ2v) is 5.75. The summed E-state index contributed by atoms with van der Waals surface area (Å²) in [5.41, 5.74) is 2.76. The van der Waals surface area contributed by atoms with Crippen molar-refractivity contribution in [3.8, 4) is 5.75 Å². The fourth-order valence-electron chi connectivity index (χ4n) is 3.66. The number of hydrogen-bond donors (Lipinski definition) is 0. The van der Waals surface area contributed by atoms with E-state index in [2.05, 4.69) is 12.1 Å². The molecular weight excluding hydrogens is 238 g/mol. The van der Waals surface area contributed by atoms with E-state index in [0.717, 1.165) is 25.1 Å². The highest BCUT2D eigenvalue weighted by atomic mass is 16.5. The van der Waals surface area contributed by atoms with Gasteiger partial charge in [-0.1, -0.05) is 12.1 Å². The average Bonchev–Trinajstić information content (AvgIpc) is 2.58. The maximum absolute atomic E-state index is 11.9. The van der Waals surface area contributed by atoms with E-state index in [0.29, 0.717) is 24.2 Å². The number of likely N-dealkylation sites (tertiary alicyclic amines) is 1. The van der Waals surface area contributed by atoms with Crippen LogP contribution in [0.3, 0.4) is 0 Å². The van der Waals surface area contributed by atoms with Crippen LogP contribution in [0.4, 0.5) is 0 Å². The fraction of sp³-hybridized carbons (Fsp3) is 0.562. The monoisotopic (exact) mass is 259 g/mol. The maximum atomic E-state index is 11.9. The zero-order chi connectivity index (χ0) is 13.4. The summed E-state index contributed by atoms with van der Waals surface area (Å²) >= 11 is 0. The number of hydrogen-bond acceptors (Lipinski definition) is 2. The molecule has 19 heavy (non-hydrogen) atoms. The third kappa shape index (κ3) is 2.11. The molecule has 2 unspecified atom stereocenters. The molecule has 2 aliphatic rings. The van der Waals surface area contributed by atoms with Crippen LogP contribution in [0.2, 0.25) is 0 Å². The van der Waals surface area contributed by atoms with Gasteiger partial charge < -0.3 is 9.64 Å². The van der Waals surface area contributed by atoms with E-state index in [1.807, 2.05) is 18.0 Å². The molecule has 3 heteroatoms. The second-order valence-electron chi connectivity index (χ2n) is 5.75. The number of carbonyl (C=O) groups excluding carboxylic acids is 1. The van der Waals surface area contributed by atoms with Gasteiger partial charge in [-0.25, -0.2) is 0 Å². The summed E-state index contributed by atoms with van der Waals surface area (Å²) in [5.74, 6) is 2.43. The number of carbonyl (C=O) groups is 1. The Labute approximate surface area is 114 Å². The number of likely N-dealkylation sites (N-methyl/N-ethyl adjacent to an activating group) is 1. The van der Waals surface area contributed by atoms with Gasteiger partial charge >= 0.3 is 0 Å². The molecule has 1 aliphatic carbocycles. The number of methoxy groups -OCH3 is 1. The van der Waals surface area contributed by atoms with E-state index in [1.54, 1.807) is 7.11 Å². The summed E-state index contributed by atoms with van der Waals surface area (Å²) in [5, 5.41) is 0. The quantitative estimate of drug-likeness (QED) is 0.776. The molecule has 3 nitrogen and oxygen atoms in total. The van der Waals surface area contributed by atoms with Crippen molar-refractivity contribution in [3.63, 3.8) is 0 Å². The number of rotatable bonds is 1. The van der Waals surface area contributed by atoms with E-state index < -0.39 is 0 Å². The summed E-state index contributed by atoms with van der Waals surface area (Å²) in [4.78, 5) is 13.8. The molecule has 1 fully saturated rings. The average molecular weight is 259 g/mol. The number of fused-ring (bicyclic) bond motifs is 3. The summed E-state index contributed by atoms with van der Waals surface area (Å²) in [7, 11) is 3.67. The van der Waals surface area contributed by atoms with Gasteiger partial charge in [0.2, 0.25) is 5.91 Å². The predicted molar refractivity (Wildman–Crippen MR) is 74.4 cm³/mol. The van der Waals surface area contributed by atoms with Gasteiger partial charge in [0, 0.05) is 25.9 Å². The summed E-state index contributed by atoms with van der Waals surface area (Å²) in [6.07, 6.45) is 4.00. The minimum absolute atomic E-state index is 0.291. The Morgan fingerprint density at radius 3 is 2.84 bits per heavy atom. The maximum Gasteiger partial charge on any atom is 0.222 e. The molecule has 2 atom stereocenters. The normalized spacial score (nSPS) is 26.4. The SMILES string of the molecule is COc1cccc2c1CCC1CCC(=O)N(C)CC21. The molecule has 102 valence electrons. The van der Waals surface area contributed by atoms with Gasteiger partial charge in [0.05, 0.1) is 7.11 Å². The minimum Gasteiger partial charge on any atom is -0.496 e. The van der Waals surface area contributed by atoms with E-state index in [9.17, 15) is 4.79 Å². The van der Waals surface area contributed by atoms with Crippen LogP contribution in [-0.2, 0) is 11.2 Å². The van der Waals surface area contributed by atoms with Crippen LogP contribution in [0.25, 0.3) is 0 Å². The summed E-state index contributed by atoms with van der Waals surface area (Å²) in [6.45, 7) is 0.851. The van der Waals surface area contributed by atoms with Crippen LogP contribution >= 0.6 is 0 Å². The molecule has 0 aromatic heterocycles. The topological polar surface area (TPSA) is 29.5 Å². The first-order valence-electron chi connectivity index (χ1n) is 7.10. The summed E-state index contributed by atoms with van der Waals surface area (Å²) in [6, 6.07) is 6.34. The van der Waals surface area contributed by atoms with Gasteiger partial charge in [0.15, 0.2) is 0 Å². The first-order chi connectivity index (χ1) is 9.20. The number of nitrogens with zero attached hydrogens (tertiary/aromatic N) is 1. The van der Waals surface area contributed by atoms with Gasteiger partial charge in [0.25, 0.3) is 0 Å². The van der Waals surface area contributed by atoms with Crippen molar-refractivity contribution in [1.29, 1.82) is 0 Å². The molecule has 1 saturated heterocycles. The molecule has 1 aromatic rings. The van der Waals surface area contributed by atoms with Gasteiger partial charge in [-0.05, 0) is 42.4 Å². The van der Waals surface area contributed by atoms with E-state index >= 15 is 0 Å². The van der Waals surface area contributed by atoms with Crippen molar-refractivity contribution >= 4 is 5.91 Å². The molecule has 0 N–H and O–H groups in total. The first kappa shape index (κ1) is 12.5. The van der Waals surface area contributed by atoms with Crippen LogP contribution < -0.4 is 4.74 Å². The van der Waals surface area contributed by atoms with E-state index in [4.69, 9.17) is 4.74 Å². The lowest BCUT2D eigenvalue weighted by Crippen LogP contribution is -2.31. The second kappa shape index (κ2) is 4.87. The highest BCUT2D eigenvalue weighted by Crippen LogP contribution is 2.43. The molecular formula is C16H21NO2. The number of amides is 1. The lowest BCUT2D eigenvalue weighted by molar-refractivity contribution is -0.129. The number of benzene rings is 1. The number of ether oxygens (including phenoxy) is 1. The van der Waals surface area contributed by atoms with Crippen molar-refractivity contribution in [2.45, 2.75) is 31.6 Å². The van der Waals surface area contributed by atoms with Crippen LogP contribution in [0.1, 0.15) is 36.3 Å².